The summed E-state index contributed by atoms with van der Waals surface area (Å²) in [6.45, 7) is 0.876. The summed E-state index contributed by atoms with van der Waals surface area (Å²) in [7, 11) is 0. The van der Waals surface area contributed by atoms with Crippen LogP contribution in [0.15, 0.2) is 22.8 Å². The second-order valence-electron chi connectivity index (χ2n) is 5.47. The van der Waals surface area contributed by atoms with Gasteiger partial charge in [0.2, 0.25) is 5.91 Å². The summed E-state index contributed by atoms with van der Waals surface area (Å²) in [5, 5.41) is 15.1. The SMILES string of the molecule is O=C(CCNC(=O)c1ccco1)NCC1CCCC(O)C1. The van der Waals surface area contributed by atoms with E-state index in [2.05, 4.69) is 10.6 Å². The predicted molar refractivity (Wildman–Crippen MR) is 76.6 cm³/mol. The van der Waals surface area contributed by atoms with Crippen LogP contribution in [-0.2, 0) is 4.79 Å². The van der Waals surface area contributed by atoms with Crippen LogP contribution in [0.5, 0.6) is 0 Å². The van der Waals surface area contributed by atoms with Crippen molar-refractivity contribution in [2.75, 3.05) is 13.1 Å². The van der Waals surface area contributed by atoms with E-state index >= 15 is 0 Å². The molecule has 1 aliphatic carbocycles. The maximum atomic E-state index is 11.7. The van der Waals surface area contributed by atoms with Gasteiger partial charge in [0, 0.05) is 19.5 Å². The fourth-order valence-corrected chi connectivity index (χ4v) is 2.58. The summed E-state index contributed by atoms with van der Waals surface area (Å²) in [4.78, 5) is 23.3. The molecule has 1 saturated carbocycles. The van der Waals surface area contributed by atoms with Gasteiger partial charge in [-0.15, -0.1) is 0 Å². The molecule has 1 fully saturated rings. The molecule has 21 heavy (non-hydrogen) atoms. The highest BCUT2D eigenvalue weighted by Gasteiger charge is 2.20. The van der Waals surface area contributed by atoms with E-state index in [4.69, 9.17) is 4.42 Å². The summed E-state index contributed by atoms with van der Waals surface area (Å²) >= 11 is 0. The Morgan fingerprint density at radius 1 is 1.33 bits per heavy atom. The van der Waals surface area contributed by atoms with E-state index < -0.39 is 0 Å². The highest BCUT2D eigenvalue weighted by molar-refractivity contribution is 5.91. The number of aliphatic hydroxyl groups excluding tert-OH is 1. The van der Waals surface area contributed by atoms with Crippen molar-refractivity contribution >= 4 is 11.8 Å². The van der Waals surface area contributed by atoms with Crippen LogP contribution in [0.1, 0.15) is 42.7 Å². The van der Waals surface area contributed by atoms with Gasteiger partial charge in [0.1, 0.15) is 0 Å². The molecule has 1 heterocycles. The largest absolute Gasteiger partial charge is 0.459 e. The zero-order valence-electron chi connectivity index (χ0n) is 12.0. The lowest BCUT2D eigenvalue weighted by molar-refractivity contribution is -0.121. The first kappa shape index (κ1) is 15.6. The highest BCUT2D eigenvalue weighted by atomic mass is 16.3. The lowest BCUT2D eigenvalue weighted by atomic mass is 9.87. The van der Waals surface area contributed by atoms with Crippen LogP contribution in [0.25, 0.3) is 0 Å². The standard InChI is InChI=1S/C15H22N2O4/c18-12-4-1-3-11(9-12)10-17-14(19)6-7-16-15(20)13-5-2-8-21-13/h2,5,8,11-12,18H,1,3-4,6-7,9-10H2,(H,16,20)(H,17,19). The van der Waals surface area contributed by atoms with E-state index in [-0.39, 0.29) is 36.6 Å². The zero-order valence-corrected chi connectivity index (χ0v) is 12.0. The summed E-state index contributed by atoms with van der Waals surface area (Å²) in [6.07, 6.45) is 5.13. The molecule has 2 unspecified atom stereocenters. The van der Waals surface area contributed by atoms with Gasteiger partial charge in [0.05, 0.1) is 12.4 Å². The molecule has 2 amide bonds. The van der Waals surface area contributed by atoms with Gasteiger partial charge in [-0.2, -0.15) is 0 Å². The van der Waals surface area contributed by atoms with Crippen molar-refractivity contribution in [3.8, 4) is 0 Å². The van der Waals surface area contributed by atoms with Crippen LogP contribution in [0.2, 0.25) is 0 Å². The van der Waals surface area contributed by atoms with Gasteiger partial charge in [-0.3, -0.25) is 9.59 Å². The quantitative estimate of drug-likeness (QED) is 0.732. The van der Waals surface area contributed by atoms with E-state index in [1.807, 2.05) is 0 Å². The minimum atomic E-state index is -0.316. The van der Waals surface area contributed by atoms with Crippen LogP contribution in [-0.4, -0.2) is 36.1 Å². The molecule has 1 aromatic rings. The smallest absolute Gasteiger partial charge is 0.286 e. The number of hydrogen-bond donors (Lipinski definition) is 3. The van der Waals surface area contributed by atoms with Gasteiger partial charge in [0.15, 0.2) is 5.76 Å². The number of carbonyl (C=O) groups is 2. The second kappa shape index (κ2) is 7.83. The molecule has 0 aliphatic heterocycles. The molecule has 0 spiro atoms. The van der Waals surface area contributed by atoms with Crippen LogP contribution in [0, 0.1) is 5.92 Å². The summed E-state index contributed by atoms with van der Waals surface area (Å²) in [6, 6.07) is 3.21. The van der Waals surface area contributed by atoms with Gasteiger partial charge in [-0.05, 0) is 37.3 Å². The number of furan rings is 1. The van der Waals surface area contributed by atoms with Crippen LogP contribution in [0.4, 0.5) is 0 Å². The molecule has 2 rings (SSSR count). The van der Waals surface area contributed by atoms with Gasteiger partial charge < -0.3 is 20.2 Å². The Hall–Kier alpha value is -1.82. The number of carbonyl (C=O) groups excluding carboxylic acids is 2. The first-order valence-electron chi connectivity index (χ1n) is 7.41. The number of aliphatic hydroxyl groups is 1. The maximum Gasteiger partial charge on any atom is 0.286 e. The van der Waals surface area contributed by atoms with Gasteiger partial charge >= 0.3 is 0 Å². The first-order valence-corrected chi connectivity index (χ1v) is 7.41. The molecule has 2 atom stereocenters. The van der Waals surface area contributed by atoms with Crippen LogP contribution >= 0.6 is 0 Å². The second-order valence-corrected chi connectivity index (χ2v) is 5.47. The summed E-state index contributed by atoms with van der Waals surface area (Å²) < 4.78 is 4.95. The van der Waals surface area contributed by atoms with Crippen molar-refractivity contribution in [1.82, 2.24) is 10.6 Å². The maximum absolute atomic E-state index is 11.7. The van der Waals surface area contributed by atoms with Gasteiger partial charge in [-0.25, -0.2) is 0 Å². The van der Waals surface area contributed by atoms with Crippen molar-refractivity contribution < 1.29 is 19.1 Å². The molecule has 3 N–H and O–H groups in total. The third-order valence-electron chi connectivity index (χ3n) is 3.73. The third kappa shape index (κ3) is 5.23. The fourth-order valence-electron chi connectivity index (χ4n) is 2.58. The minimum Gasteiger partial charge on any atom is -0.459 e. The van der Waals surface area contributed by atoms with E-state index in [9.17, 15) is 14.7 Å². The zero-order chi connectivity index (χ0) is 15.1. The van der Waals surface area contributed by atoms with Crippen molar-refractivity contribution in [3.63, 3.8) is 0 Å². The van der Waals surface area contributed by atoms with Crippen molar-refractivity contribution in [2.45, 2.75) is 38.2 Å². The topological polar surface area (TPSA) is 91.6 Å². The fraction of sp³-hybridized carbons (Fsp3) is 0.600. The number of amides is 2. The van der Waals surface area contributed by atoms with E-state index in [0.29, 0.717) is 12.5 Å². The molecule has 0 radical (unpaired) electrons. The number of hydrogen-bond acceptors (Lipinski definition) is 4. The summed E-state index contributed by atoms with van der Waals surface area (Å²) in [5.41, 5.74) is 0. The van der Waals surface area contributed by atoms with Gasteiger partial charge in [0.25, 0.3) is 5.91 Å². The first-order chi connectivity index (χ1) is 10.1. The molecular formula is C15H22N2O4. The molecule has 6 heteroatoms. The molecule has 116 valence electrons. The molecule has 1 aliphatic rings. The molecular weight excluding hydrogens is 272 g/mol. The Balaban J connectivity index is 1.58. The van der Waals surface area contributed by atoms with E-state index in [0.717, 1.165) is 25.7 Å². The van der Waals surface area contributed by atoms with Crippen LogP contribution < -0.4 is 10.6 Å². The lowest BCUT2D eigenvalue weighted by Gasteiger charge is -2.25. The third-order valence-corrected chi connectivity index (χ3v) is 3.73. The molecule has 0 bridgehead atoms. The Bertz CT molecular complexity index is 458. The number of rotatable bonds is 6. The van der Waals surface area contributed by atoms with Crippen molar-refractivity contribution in [1.29, 1.82) is 0 Å². The molecule has 0 saturated heterocycles. The Labute approximate surface area is 123 Å². The molecule has 6 nitrogen and oxygen atoms in total. The van der Waals surface area contributed by atoms with Crippen LogP contribution in [0.3, 0.4) is 0 Å². The average Bonchev–Trinajstić information content (AvgIpc) is 2.99. The molecule has 1 aromatic heterocycles. The Morgan fingerprint density at radius 3 is 2.90 bits per heavy atom. The van der Waals surface area contributed by atoms with E-state index in [1.165, 1.54) is 6.26 Å². The average molecular weight is 294 g/mol. The Kier molecular flexibility index (Phi) is 5.80. The lowest BCUT2D eigenvalue weighted by Crippen LogP contribution is -2.35. The number of nitrogens with one attached hydrogen (secondary N) is 2. The van der Waals surface area contributed by atoms with Crippen molar-refractivity contribution in [3.05, 3.63) is 24.2 Å². The van der Waals surface area contributed by atoms with Crippen molar-refractivity contribution in [2.24, 2.45) is 5.92 Å². The predicted octanol–water partition coefficient (Wildman–Crippen LogP) is 1.07. The summed E-state index contributed by atoms with van der Waals surface area (Å²) in [5.74, 6) is 0.194. The minimum absolute atomic E-state index is 0.0881. The monoisotopic (exact) mass is 294 g/mol. The Morgan fingerprint density at radius 2 is 2.19 bits per heavy atom. The van der Waals surface area contributed by atoms with Gasteiger partial charge in [-0.1, -0.05) is 6.42 Å². The van der Waals surface area contributed by atoms with E-state index in [1.54, 1.807) is 12.1 Å². The molecule has 0 aromatic carbocycles. The normalized spacial score (nSPS) is 21.8. The highest BCUT2D eigenvalue weighted by Crippen LogP contribution is 2.23.